The van der Waals surface area contributed by atoms with Crippen molar-refractivity contribution in [2.24, 2.45) is 0 Å². The minimum absolute atomic E-state index is 0.266. The number of imidazole rings is 1. The molecule has 0 bridgehead atoms. The van der Waals surface area contributed by atoms with Crippen LogP contribution in [-0.2, 0) is 17.9 Å². The lowest BCUT2D eigenvalue weighted by molar-refractivity contribution is 0.0564. The molecule has 0 saturated heterocycles. The van der Waals surface area contributed by atoms with Gasteiger partial charge < -0.3 is 14.6 Å². The number of para-hydroxylation sites is 1. The molecule has 3 heterocycles. The van der Waals surface area contributed by atoms with E-state index in [-0.39, 0.29) is 6.04 Å². The Morgan fingerprint density at radius 3 is 3.13 bits per heavy atom. The van der Waals surface area contributed by atoms with Crippen molar-refractivity contribution in [3.63, 3.8) is 0 Å². The van der Waals surface area contributed by atoms with Crippen molar-refractivity contribution in [1.82, 2.24) is 19.9 Å². The van der Waals surface area contributed by atoms with Crippen LogP contribution in [0.4, 0.5) is 0 Å². The molecule has 0 amide bonds. The van der Waals surface area contributed by atoms with Crippen molar-refractivity contribution in [2.75, 3.05) is 13.2 Å². The molecule has 0 saturated carbocycles. The van der Waals surface area contributed by atoms with Crippen molar-refractivity contribution in [3.8, 4) is 0 Å². The summed E-state index contributed by atoms with van der Waals surface area (Å²) in [6.45, 7) is 5.07. The van der Waals surface area contributed by atoms with Gasteiger partial charge in [-0.05, 0) is 30.2 Å². The molecule has 3 aromatic rings. The molecular formula is C18H20N4O. The van der Waals surface area contributed by atoms with Gasteiger partial charge >= 0.3 is 0 Å². The Morgan fingerprint density at radius 1 is 1.30 bits per heavy atom. The van der Waals surface area contributed by atoms with E-state index < -0.39 is 0 Å². The van der Waals surface area contributed by atoms with E-state index in [1.807, 2.05) is 12.3 Å². The van der Waals surface area contributed by atoms with Crippen LogP contribution < -0.4 is 5.32 Å². The smallest absolute Gasteiger partial charge is 0.136 e. The first-order valence-electron chi connectivity index (χ1n) is 7.97. The highest BCUT2D eigenvalue weighted by Crippen LogP contribution is 2.27. The summed E-state index contributed by atoms with van der Waals surface area (Å²) in [6, 6.07) is 10.7. The summed E-state index contributed by atoms with van der Waals surface area (Å²) in [5, 5.41) is 3.51. The molecule has 1 aromatic carbocycles. The van der Waals surface area contributed by atoms with E-state index in [4.69, 9.17) is 9.72 Å². The Bertz CT molecular complexity index is 813. The standard InChI is InChI=1S/C18H20N4O/c1-13-4-2-6-16-18(13)21-17-12-23-11-15(22(16)17)10-20-9-14-5-3-7-19-8-14/h2-8,15,20H,9-12H2,1H3/t15-/m0/s1. The molecular weight excluding hydrogens is 288 g/mol. The van der Waals surface area contributed by atoms with Gasteiger partial charge in [0, 0.05) is 25.5 Å². The number of hydrogen-bond donors (Lipinski definition) is 1. The number of nitrogens with zero attached hydrogens (tertiary/aromatic N) is 3. The topological polar surface area (TPSA) is 52.0 Å². The Kier molecular flexibility index (Phi) is 3.81. The van der Waals surface area contributed by atoms with E-state index in [9.17, 15) is 0 Å². The summed E-state index contributed by atoms with van der Waals surface area (Å²) in [4.78, 5) is 8.92. The SMILES string of the molecule is Cc1cccc2c1nc1n2[C@@H](CNCc2cccnc2)COC1. The quantitative estimate of drug-likeness (QED) is 0.805. The maximum atomic E-state index is 5.75. The van der Waals surface area contributed by atoms with Crippen LogP contribution in [0.25, 0.3) is 11.0 Å². The van der Waals surface area contributed by atoms with E-state index in [0.717, 1.165) is 24.4 Å². The lowest BCUT2D eigenvalue weighted by atomic mass is 10.2. The average Bonchev–Trinajstić information content (AvgIpc) is 2.97. The zero-order chi connectivity index (χ0) is 15.6. The first-order valence-corrected chi connectivity index (χ1v) is 7.97. The third-order valence-electron chi connectivity index (χ3n) is 4.33. The molecule has 0 spiro atoms. The fourth-order valence-electron chi connectivity index (χ4n) is 3.21. The zero-order valence-corrected chi connectivity index (χ0v) is 13.2. The highest BCUT2D eigenvalue weighted by molar-refractivity contribution is 5.79. The summed E-state index contributed by atoms with van der Waals surface area (Å²) in [5.74, 6) is 1.02. The highest BCUT2D eigenvalue weighted by atomic mass is 16.5. The van der Waals surface area contributed by atoms with Crippen LogP contribution in [0, 0.1) is 6.92 Å². The summed E-state index contributed by atoms with van der Waals surface area (Å²) in [5.41, 5.74) is 4.70. The van der Waals surface area contributed by atoms with Gasteiger partial charge in [0.1, 0.15) is 12.4 Å². The predicted octanol–water partition coefficient (Wildman–Crippen LogP) is 2.60. The number of aryl methyl sites for hydroxylation is 1. The molecule has 118 valence electrons. The van der Waals surface area contributed by atoms with E-state index in [2.05, 4.69) is 46.1 Å². The molecule has 1 N–H and O–H groups in total. The minimum atomic E-state index is 0.266. The van der Waals surface area contributed by atoms with E-state index >= 15 is 0 Å². The number of aromatic nitrogens is 3. The van der Waals surface area contributed by atoms with Crippen molar-refractivity contribution < 1.29 is 4.74 Å². The van der Waals surface area contributed by atoms with Crippen LogP contribution in [-0.4, -0.2) is 27.7 Å². The third-order valence-corrected chi connectivity index (χ3v) is 4.33. The molecule has 2 aromatic heterocycles. The average molecular weight is 308 g/mol. The van der Waals surface area contributed by atoms with Crippen molar-refractivity contribution >= 4 is 11.0 Å². The van der Waals surface area contributed by atoms with Gasteiger partial charge in [0.2, 0.25) is 0 Å². The van der Waals surface area contributed by atoms with Crippen molar-refractivity contribution in [1.29, 1.82) is 0 Å². The van der Waals surface area contributed by atoms with Gasteiger partial charge in [-0.1, -0.05) is 18.2 Å². The van der Waals surface area contributed by atoms with Crippen LogP contribution in [0.3, 0.4) is 0 Å². The van der Waals surface area contributed by atoms with E-state index in [1.54, 1.807) is 6.20 Å². The number of pyridine rings is 1. The van der Waals surface area contributed by atoms with Crippen LogP contribution in [0.2, 0.25) is 0 Å². The van der Waals surface area contributed by atoms with Crippen LogP contribution in [0.5, 0.6) is 0 Å². The largest absolute Gasteiger partial charge is 0.371 e. The predicted molar refractivity (Wildman–Crippen MR) is 89.1 cm³/mol. The normalized spacial score (nSPS) is 17.3. The van der Waals surface area contributed by atoms with Gasteiger partial charge in [0.05, 0.1) is 23.7 Å². The summed E-state index contributed by atoms with van der Waals surface area (Å²) in [7, 11) is 0. The minimum Gasteiger partial charge on any atom is -0.371 e. The van der Waals surface area contributed by atoms with Crippen LogP contribution in [0.1, 0.15) is 23.0 Å². The van der Waals surface area contributed by atoms with Gasteiger partial charge in [0.15, 0.2) is 0 Å². The Balaban J connectivity index is 1.55. The first kappa shape index (κ1) is 14.4. The second-order valence-electron chi connectivity index (χ2n) is 6.00. The summed E-state index contributed by atoms with van der Waals surface area (Å²) in [6.07, 6.45) is 3.69. The van der Waals surface area contributed by atoms with Gasteiger partial charge in [-0.3, -0.25) is 4.98 Å². The molecule has 1 atom stereocenters. The summed E-state index contributed by atoms with van der Waals surface area (Å²) >= 11 is 0. The molecule has 0 unspecified atom stereocenters. The van der Waals surface area contributed by atoms with Gasteiger partial charge in [0.25, 0.3) is 0 Å². The van der Waals surface area contributed by atoms with Gasteiger partial charge in [-0.2, -0.15) is 0 Å². The van der Waals surface area contributed by atoms with Crippen molar-refractivity contribution in [2.45, 2.75) is 26.1 Å². The Morgan fingerprint density at radius 2 is 2.26 bits per heavy atom. The maximum Gasteiger partial charge on any atom is 0.136 e. The van der Waals surface area contributed by atoms with Gasteiger partial charge in [-0.15, -0.1) is 0 Å². The number of benzene rings is 1. The molecule has 0 aliphatic carbocycles. The fourth-order valence-corrected chi connectivity index (χ4v) is 3.21. The molecule has 1 aliphatic rings. The van der Waals surface area contributed by atoms with E-state index in [1.165, 1.54) is 16.6 Å². The molecule has 5 nitrogen and oxygen atoms in total. The van der Waals surface area contributed by atoms with E-state index in [0.29, 0.717) is 13.2 Å². The number of rotatable bonds is 4. The monoisotopic (exact) mass is 308 g/mol. The zero-order valence-electron chi connectivity index (χ0n) is 13.2. The Hall–Kier alpha value is -2.24. The fraction of sp³-hybridized carbons (Fsp3) is 0.333. The number of hydrogen-bond acceptors (Lipinski definition) is 4. The molecule has 0 radical (unpaired) electrons. The molecule has 1 aliphatic heterocycles. The molecule has 5 heteroatoms. The van der Waals surface area contributed by atoms with Crippen LogP contribution in [0.15, 0.2) is 42.7 Å². The second-order valence-corrected chi connectivity index (χ2v) is 6.00. The maximum absolute atomic E-state index is 5.75. The second kappa shape index (κ2) is 6.10. The summed E-state index contributed by atoms with van der Waals surface area (Å²) < 4.78 is 8.08. The first-order chi connectivity index (χ1) is 11.3. The number of fused-ring (bicyclic) bond motifs is 3. The Labute approximate surface area is 135 Å². The number of ether oxygens (including phenoxy) is 1. The van der Waals surface area contributed by atoms with Gasteiger partial charge in [-0.25, -0.2) is 4.98 Å². The molecule has 0 fully saturated rings. The number of nitrogens with one attached hydrogen (secondary N) is 1. The van der Waals surface area contributed by atoms with Crippen LogP contribution >= 0.6 is 0 Å². The molecule has 23 heavy (non-hydrogen) atoms. The van der Waals surface area contributed by atoms with Crippen molar-refractivity contribution in [3.05, 3.63) is 59.7 Å². The lowest BCUT2D eigenvalue weighted by Crippen LogP contribution is -2.32. The molecule has 4 rings (SSSR count). The third kappa shape index (κ3) is 2.73. The lowest BCUT2D eigenvalue weighted by Gasteiger charge is -2.26. The highest BCUT2D eigenvalue weighted by Gasteiger charge is 2.24.